The summed E-state index contributed by atoms with van der Waals surface area (Å²) in [4.78, 5) is 24.6. The molecule has 1 saturated heterocycles. The molecule has 1 atom stereocenters. The van der Waals surface area contributed by atoms with Crippen molar-refractivity contribution in [3.05, 3.63) is 36.3 Å². The molecule has 24 heavy (non-hydrogen) atoms. The van der Waals surface area contributed by atoms with Crippen LogP contribution in [0, 0.1) is 5.92 Å². The van der Waals surface area contributed by atoms with E-state index >= 15 is 0 Å². The summed E-state index contributed by atoms with van der Waals surface area (Å²) < 4.78 is 0. The van der Waals surface area contributed by atoms with Crippen LogP contribution in [0.25, 0.3) is 10.9 Å². The van der Waals surface area contributed by atoms with E-state index in [2.05, 4.69) is 20.9 Å². The Morgan fingerprint density at radius 3 is 2.96 bits per heavy atom. The predicted molar refractivity (Wildman–Crippen MR) is 95.7 cm³/mol. The van der Waals surface area contributed by atoms with Crippen molar-refractivity contribution < 1.29 is 4.79 Å². The number of likely N-dealkylation sites (tertiary alicyclic amines) is 1. The summed E-state index contributed by atoms with van der Waals surface area (Å²) in [7, 11) is 3.65. The molecule has 1 aliphatic rings. The first-order chi connectivity index (χ1) is 11.6. The van der Waals surface area contributed by atoms with Crippen molar-refractivity contribution in [2.24, 2.45) is 5.92 Å². The second kappa shape index (κ2) is 7.71. The number of pyridine rings is 2. The fourth-order valence-electron chi connectivity index (χ4n) is 3.45. The van der Waals surface area contributed by atoms with Gasteiger partial charge < -0.3 is 4.90 Å². The van der Waals surface area contributed by atoms with Gasteiger partial charge in [-0.2, -0.15) is 0 Å². The maximum Gasteiger partial charge on any atom is 0.236 e. The lowest BCUT2D eigenvalue weighted by Crippen LogP contribution is -2.37. The Kier molecular flexibility index (Phi) is 5.41. The highest BCUT2D eigenvalue weighted by molar-refractivity contribution is 5.80. The number of likely N-dealkylation sites (N-methyl/N-ethyl adjacent to an activating group) is 1. The van der Waals surface area contributed by atoms with E-state index in [1.165, 1.54) is 17.4 Å². The highest BCUT2D eigenvalue weighted by atomic mass is 16.2. The van der Waals surface area contributed by atoms with Crippen LogP contribution in [0.5, 0.6) is 0 Å². The molecule has 0 saturated carbocycles. The molecular formula is C19H26N4O. The Morgan fingerprint density at radius 1 is 1.25 bits per heavy atom. The van der Waals surface area contributed by atoms with E-state index in [0.717, 1.165) is 37.9 Å². The van der Waals surface area contributed by atoms with Crippen molar-refractivity contribution in [1.82, 2.24) is 19.8 Å². The van der Waals surface area contributed by atoms with Gasteiger partial charge in [0.2, 0.25) is 5.91 Å². The Labute approximate surface area is 143 Å². The Bertz CT molecular complexity index is 695. The van der Waals surface area contributed by atoms with Crippen molar-refractivity contribution in [3.8, 4) is 0 Å². The van der Waals surface area contributed by atoms with Crippen LogP contribution in [-0.4, -0.2) is 59.4 Å². The average Bonchev–Trinajstić information content (AvgIpc) is 2.80. The molecular weight excluding hydrogens is 300 g/mol. The smallest absolute Gasteiger partial charge is 0.236 e. The molecule has 2 aromatic heterocycles. The van der Waals surface area contributed by atoms with Gasteiger partial charge in [0.05, 0.1) is 12.1 Å². The first-order valence-electron chi connectivity index (χ1n) is 8.73. The van der Waals surface area contributed by atoms with Gasteiger partial charge in [0.15, 0.2) is 0 Å². The summed E-state index contributed by atoms with van der Waals surface area (Å²) in [5, 5.41) is 1.17. The van der Waals surface area contributed by atoms with E-state index in [0.29, 0.717) is 12.5 Å². The van der Waals surface area contributed by atoms with Crippen LogP contribution >= 0.6 is 0 Å². The monoisotopic (exact) mass is 326 g/mol. The number of aromatic nitrogens is 2. The SMILES string of the molecule is CN(C)C(=O)CN1CCCC(Cc2ccnc3ccncc23)CC1. The summed E-state index contributed by atoms with van der Waals surface area (Å²) in [5.74, 6) is 0.856. The van der Waals surface area contributed by atoms with Crippen molar-refractivity contribution in [2.45, 2.75) is 25.7 Å². The third-order valence-electron chi connectivity index (χ3n) is 4.94. The predicted octanol–water partition coefficient (Wildman–Crippen LogP) is 2.36. The standard InChI is InChI=1S/C19H26N4O/c1-22(2)19(24)14-23-10-3-4-15(7-11-23)12-16-5-9-21-18-6-8-20-13-17(16)18/h5-6,8-9,13,15H,3-4,7,10-12,14H2,1-2H3. The van der Waals surface area contributed by atoms with Crippen molar-refractivity contribution in [1.29, 1.82) is 0 Å². The fraction of sp³-hybridized carbons (Fsp3) is 0.526. The molecule has 0 aliphatic carbocycles. The lowest BCUT2D eigenvalue weighted by molar-refractivity contribution is -0.129. The first-order valence-corrected chi connectivity index (χ1v) is 8.73. The molecule has 0 aromatic carbocycles. The Morgan fingerprint density at radius 2 is 2.12 bits per heavy atom. The Hall–Kier alpha value is -2.01. The zero-order valence-electron chi connectivity index (χ0n) is 14.6. The summed E-state index contributed by atoms with van der Waals surface area (Å²) in [6, 6.07) is 4.10. The summed E-state index contributed by atoms with van der Waals surface area (Å²) in [6.07, 6.45) is 10.2. The molecule has 1 aliphatic heterocycles. The van der Waals surface area contributed by atoms with Gasteiger partial charge >= 0.3 is 0 Å². The molecule has 3 rings (SSSR count). The molecule has 5 heteroatoms. The van der Waals surface area contributed by atoms with Gasteiger partial charge in [-0.1, -0.05) is 0 Å². The van der Waals surface area contributed by atoms with E-state index in [1.54, 1.807) is 11.1 Å². The first kappa shape index (κ1) is 16.8. The van der Waals surface area contributed by atoms with Gasteiger partial charge in [-0.25, -0.2) is 0 Å². The zero-order valence-corrected chi connectivity index (χ0v) is 14.6. The van der Waals surface area contributed by atoms with Crippen LogP contribution < -0.4 is 0 Å². The summed E-state index contributed by atoms with van der Waals surface area (Å²) >= 11 is 0. The fourth-order valence-corrected chi connectivity index (χ4v) is 3.45. The maximum absolute atomic E-state index is 11.9. The number of amides is 1. The molecule has 128 valence electrons. The highest BCUT2D eigenvalue weighted by Crippen LogP contribution is 2.25. The van der Waals surface area contributed by atoms with E-state index in [9.17, 15) is 4.79 Å². The van der Waals surface area contributed by atoms with Crippen molar-refractivity contribution in [3.63, 3.8) is 0 Å². The molecule has 0 bridgehead atoms. The van der Waals surface area contributed by atoms with Gasteiger partial charge in [0.25, 0.3) is 0 Å². The van der Waals surface area contributed by atoms with Gasteiger partial charge in [0.1, 0.15) is 0 Å². The van der Waals surface area contributed by atoms with Crippen LogP contribution in [0.4, 0.5) is 0 Å². The molecule has 1 fully saturated rings. The number of carbonyl (C=O) groups is 1. The highest BCUT2D eigenvalue weighted by Gasteiger charge is 2.20. The number of hydrogen-bond acceptors (Lipinski definition) is 4. The Balaban J connectivity index is 1.63. The topological polar surface area (TPSA) is 49.3 Å². The average molecular weight is 326 g/mol. The molecule has 2 aromatic rings. The van der Waals surface area contributed by atoms with E-state index in [1.807, 2.05) is 32.6 Å². The van der Waals surface area contributed by atoms with Gasteiger partial charge in [0, 0.05) is 38.1 Å². The third kappa shape index (κ3) is 4.09. The zero-order chi connectivity index (χ0) is 16.9. The van der Waals surface area contributed by atoms with Gasteiger partial charge in [-0.3, -0.25) is 19.7 Å². The quantitative estimate of drug-likeness (QED) is 0.865. The van der Waals surface area contributed by atoms with Crippen LogP contribution in [0.1, 0.15) is 24.8 Å². The minimum absolute atomic E-state index is 0.194. The molecule has 5 nitrogen and oxygen atoms in total. The number of nitrogens with zero attached hydrogens (tertiary/aromatic N) is 4. The summed E-state index contributed by atoms with van der Waals surface area (Å²) in [5.41, 5.74) is 2.37. The van der Waals surface area contributed by atoms with Crippen molar-refractivity contribution >= 4 is 16.8 Å². The molecule has 3 heterocycles. The molecule has 0 N–H and O–H groups in total. The molecule has 0 radical (unpaired) electrons. The number of rotatable bonds is 4. The van der Waals surface area contributed by atoms with Gasteiger partial charge in [-0.05, 0) is 62.4 Å². The number of carbonyl (C=O) groups excluding carboxylic acids is 1. The maximum atomic E-state index is 11.9. The number of hydrogen-bond donors (Lipinski definition) is 0. The molecule has 1 amide bonds. The van der Waals surface area contributed by atoms with E-state index in [4.69, 9.17) is 0 Å². The minimum atomic E-state index is 0.194. The number of fused-ring (bicyclic) bond motifs is 1. The van der Waals surface area contributed by atoms with E-state index in [-0.39, 0.29) is 5.91 Å². The third-order valence-corrected chi connectivity index (χ3v) is 4.94. The second-order valence-corrected chi connectivity index (χ2v) is 6.93. The van der Waals surface area contributed by atoms with Gasteiger partial charge in [-0.15, -0.1) is 0 Å². The van der Waals surface area contributed by atoms with Crippen LogP contribution in [0.2, 0.25) is 0 Å². The minimum Gasteiger partial charge on any atom is -0.348 e. The normalized spacial score (nSPS) is 19.2. The largest absolute Gasteiger partial charge is 0.348 e. The van der Waals surface area contributed by atoms with Crippen LogP contribution in [0.15, 0.2) is 30.7 Å². The van der Waals surface area contributed by atoms with Crippen molar-refractivity contribution in [2.75, 3.05) is 33.7 Å². The van der Waals surface area contributed by atoms with Crippen LogP contribution in [-0.2, 0) is 11.2 Å². The molecule has 1 unspecified atom stereocenters. The lowest BCUT2D eigenvalue weighted by atomic mass is 9.92. The van der Waals surface area contributed by atoms with Crippen LogP contribution in [0.3, 0.4) is 0 Å². The van der Waals surface area contributed by atoms with E-state index < -0.39 is 0 Å². The molecule has 0 spiro atoms. The second-order valence-electron chi connectivity index (χ2n) is 6.93. The summed E-state index contributed by atoms with van der Waals surface area (Å²) in [6.45, 7) is 2.57. The lowest BCUT2D eigenvalue weighted by Gasteiger charge is -2.21.